The maximum atomic E-state index is 13.6. The summed E-state index contributed by atoms with van der Waals surface area (Å²) in [7, 11) is -4.04. The van der Waals surface area contributed by atoms with Crippen molar-refractivity contribution in [2.24, 2.45) is 0 Å². The summed E-state index contributed by atoms with van der Waals surface area (Å²) in [6.45, 7) is 5.34. The molecule has 0 atom stereocenters. The Bertz CT molecular complexity index is 1780. The first-order valence-electron chi connectivity index (χ1n) is 12.2. The summed E-state index contributed by atoms with van der Waals surface area (Å²) in [6.07, 6.45) is 0. The number of benzene rings is 4. The van der Waals surface area contributed by atoms with Crippen LogP contribution in [0.4, 0.5) is 11.4 Å². The number of rotatable bonds is 7. The number of carbonyl (C=O) groups excluding carboxylic acids is 1. The Morgan fingerprint density at radius 3 is 2.28 bits per heavy atom. The maximum Gasteiger partial charge on any atom is 0.264 e. The number of nitrogens with zero attached hydrogens (tertiary/aromatic N) is 2. The van der Waals surface area contributed by atoms with Crippen molar-refractivity contribution in [2.45, 2.75) is 25.7 Å². The lowest BCUT2D eigenvalue weighted by Crippen LogP contribution is -2.38. The summed E-state index contributed by atoms with van der Waals surface area (Å²) in [5.74, 6) is -0.481. The van der Waals surface area contributed by atoms with Gasteiger partial charge in [-0.05, 0) is 92.6 Å². The van der Waals surface area contributed by atoms with Crippen LogP contribution in [0.25, 0.3) is 20.8 Å². The van der Waals surface area contributed by atoms with Crippen molar-refractivity contribution < 1.29 is 13.2 Å². The molecule has 9 heteroatoms. The molecule has 1 amide bonds. The second kappa shape index (κ2) is 10.8. The minimum absolute atomic E-state index is 0.0907. The first kappa shape index (κ1) is 26.9. The van der Waals surface area contributed by atoms with Crippen LogP contribution in [0.3, 0.4) is 0 Å². The Morgan fingerprint density at radius 2 is 1.59 bits per heavy atom. The summed E-state index contributed by atoms with van der Waals surface area (Å²) in [6, 6.07) is 25.0. The van der Waals surface area contributed by atoms with E-state index in [9.17, 15) is 13.2 Å². The quantitative estimate of drug-likeness (QED) is 0.220. The molecule has 0 aliphatic rings. The van der Waals surface area contributed by atoms with Gasteiger partial charge < -0.3 is 5.32 Å². The zero-order valence-corrected chi connectivity index (χ0v) is 24.0. The molecular formula is C30H26ClN3O3S2. The second-order valence-electron chi connectivity index (χ2n) is 9.37. The lowest BCUT2D eigenvalue weighted by molar-refractivity contribution is -0.114. The largest absolute Gasteiger partial charge is 0.325 e. The highest BCUT2D eigenvalue weighted by molar-refractivity contribution is 7.92. The summed E-state index contributed by atoms with van der Waals surface area (Å²) in [5, 5.41) is 4.12. The lowest BCUT2D eigenvalue weighted by atomic mass is 10.2. The van der Waals surface area contributed by atoms with Crippen molar-refractivity contribution in [2.75, 3.05) is 16.2 Å². The molecule has 0 aliphatic carbocycles. The third-order valence-electron chi connectivity index (χ3n) is 6.30. The number of carbonyl (C=O) groups is 1. The molecule has 0 radical (unpaired) electrons. The molecule has 5 rings (SSSR count). The molecular weight excluding hydrogens is 550 g/mol. The molecule has 6 nitrogen and oxygen atoms in total. The summed E-state index contributed by atoms with van der Waals surface area (Å²) < 4.78 is 29.4. The molecule has 5 aromatic rings. The van der Waals surface area contributed by atoms with E-state index >= 15 is 0 Å². The average Bonchev–Trinajstić information content (AvgIpc) is 3.33. The van der Waals surface area contributed by atoms with Crippen molar-refractivity contribution in [3.05, 3.63) is 107 Å². The zero-order chi connectivity index (χ0) is 27.7. The normalized spacial score (nSPS) is 11.5. The van der Waals surface area contributed by atoms with Crippen molar-refractivity contribution >= 4 is 60.5 Å². The van der Waals surface area contributed by atoms with Crippen molar-refractivity contribution in [3.8, 4) is 10.6 Å². The molecule has 0 unspecified atom stereocenters. The second-order valence-corrected chi connectivity index (χ2v) is 12.7. The smallest absolute Gasteiger partial charge is 0.264 e. The van der Waals surface area contributed by atoms with Gasteiger partial charge in [0.1, 0.15) is 11.6 Å². The Labute approximate surface area is 237 Å². The van der Waals surface area contributed by atoms with Gasteiger partial charge in [-0.1, -0.05) is 41.4 Å². The predicted molar refractivity (Wildman–Crippen MR) is 160 cm³/mol. The van der Waals surface area contributed by atoms with E-state index in [1.165, 1.54) is 17.7 Å². The van der Waals surface area contributed by atoms with Crippen LogP contribution in [-0.4, -0.2) is 25.9 Å². The molecule has 1 heterocycles. The molecule has 39 heavy (non-hydrogen) atoms. The van der Waals surface area contributed by atoms with Crippen molar-refractivity contribution in [1.82, 2.24) is 4.98 Å². The van der Waals surface area contributed by atoms with Crippen LogP contribution >= 0.6 is 22.9 Å². The first-order valence-corrected chi connectivity index (χ1v) is 14.9. The minimum atomic E-state index is -4.04. The van der Waals surface area contributed by atoms with Crippen LogP contribution in [0.5, 0.6) is 0 Å². The number of thiazole rings is 1. The molecule has 0 aliphatic heterocycles. The number of amides is 1. The zero-order valence-electron chi connectivity index (χ0n) is 21.6. The summed E-state index contributed by atoms with van der Waals surface area (Å²) in [4.78, 5) is 17.9. The van der Waals surface area contributed by atoms with Gasteiger partial charge in [0.2, 0.25) is 5.91 Å². The van der Waals surface area contributed by atoms with Gasteiger partial charge in [0.05, 0.1) is 20.8 Å². The number of hydrogen-bond donors (Lipinski definition) is 1. The molecule has 0 fully saturated rings. The highest BCUT2D eigenvalue weighted by Gasteiger charge is 2.27. The number of nitrogens with one attached hydrogen (secondary N) is 1. The Morgan fingerprint density at radius 1 is 0.897 bits per heavy atom. The van der Waals surface area contributed by atoms with E-state index in [1.54, 1.807) is 53.8 Å². The van der Waals surface area contributed by atoms with E-state index in [4.69, 9.17) is 16.6 Å². The van der Waals surface area contributed by atoms with Gasteiger partial charge in [-0.15, -0.1) is 11.3 Å². The van der Waals surface area contributed by atoms with Crippen LogP contribution < -0.4 is 9.62 Å². The Hall–Kier alpha value is -3.72. The molecule has 0 saturated carbocycles. The van der Waals surface area contributed by atoms with E-state index in [2.05, 4.69) is 18.3 Å². The van der Waals surface area contributed by atoms with Gasteiger partial charge in [-0.2, -0.15) is 0 Å². The molecule has 198 valence electrons. The van der Waals surface area contributed by atoms with Gasteiger partial charge in [0, 0.05) is 16.3 Å². The summed E-state index contributed by atoms with van der Waals surface area (Å²) >= 11 is 7.92. The molecule has 0 saturated heterocycles. The van der Waals surface area contributed by atoms with Crippen LogP contribution in [0.15, 0.2) is 89.8 Å². The van der Waals surface area contributed by atoms with Crippen LogP contribution in [0.2, 0.25) is 5.02 Å². The minimum Gasteiger partial charge on any atom is -0.325 e. The maximum absolute atomic E-state index is 13.6. The fourth-order valence-electron chi connectivity index (χ4n) is 4.07. The third kappa shape index (κ3) is 5.83. The van der Waals surface area contributed by atoms with Gasteiger partial charge in [0.25, 0.3) is 10.0 Å². The van der Waals surface area contributed by atoms with Crippen molar-refractivity contribution in [3.63, 3.8) is 0 Å². The molecule has 1 aromatic heterocycles. The number of anilines is 2. The number of halogens is 1. The number of hydrogen-bond acceptors (Lipinski definition) is 5. The highest BCUT2D eigenvalue weighted by Crippen LogP contribution is 2.32. The highest BCUT2D eigenvalue weighted by atomic mass is 35.5. The molecule has 4 aromatic carbocycles. The number of sulfonamides is 1. The number of fused-ring (bicyclic) bond motifs is 1. The fourth-order valence-corrected chi connectivity index (χ4v) is 6.73. The SMILES string of the molecule is Cc1ccc(S(=O)(=O)N(CC(=O)Nc2ccc(-c3nc4ccc(C)cc4s3)cc2)c2ccc(C)c(Cl)c2)cc1. The molecule has 0 bridgehead atoms. The lowest BCUT2D eigenvalue weighted by Gasteiger charge is -2.24. The van der Waals surface area contributed by atoms with E-state index < -0.39 is 22.5 Å². The average molecular weight is 576 g/mol. The predicted octanol–water partition coefficient (Wildman–Crippen LogP) is 7.38. The van der Waals surface area contributed by atoms with Gasteiger partial charge >= 0.3 is 0 Å². The third-order valence-corrected chi connectivity index (χ3v) is 9.56. The van der Waals surface area contributed by atoms with Gasteiger partial charge in [-0.25, -0.2) is 13.4 Å². The van der Waals surface area contributed by atoms with E-state index in [-0.39, 0.29) is 4.90 Å². The van der Waals surface area contributed by atoms with Gasteiger partial charge in [-0.3, -0.25) is 9.10 Å². The van der Waals surface area contributed by atoms with Crippen molar-refractivity contribution in [1.29, 1.82) is 0 Å². The van der Waals surface area contributed by atoms with Crippen LogP contribution in [0.1, 0.15) is 16.7 Å². The van der Waals surface area contributed by atoms with E-state index in [1.807, 2.05) is 38.1 Å². The molecule has 0 spiro atoms. The van der Waals surface area contributed by atoms with Gasteiger partial charge in [0.15, 0.2) is 0 Å². The van der Waals surface area contributed by atoms with Crippen LogP contribution in [-0.2, 0) is 14.8 Å². The topological polar surface area (TPSA) is 79.4 Å². The first-order chi connectivity index (χ1) is 18.6. The molecule has 1 N–H and O–H groups in total. The number of aryl methyl sites for hydroxylation is 3. The van der Waals surface area contributed by atoms with E-state index in [0.717, 1.165) is 36.2 Å². The number of aromatic nitrogens is 1. The van der Waals surface area contributed by atoms with Crippen LogP contribution in [0, 0.1) is 20.8 Å². The van der Waals surface area contributed by atoms with E-state index in [0.29, 0.717) is 16.4 Å². The Balaban J connectivity index is 1.38. The standard InChI is InChI=1S/C30H26ClN3O3S2/c1-19-4-13-25(14-5-19)39(36,37)34(24-12-7-21(3)26(31)17-24)18-29(35)32-23-10-8-22(9-11-23)30-33-27-15-6-20(2)16-28(27)38-30/h4-17H,18H2,1-3H3,(H,32,35). The fraction of sp³-hybridized carbons (Fsp3) is 0.133. The monoisotopic (exact) mass is 575 g/mol. The Kier molecular flexibility index (Phi) is 7.44. The summed E-state index contributed by atoms with van der Waals surface area (Å²) in [5.41, 5.74) is 5.66.